The van der Waals surface area contributed by atoms with Crippen LogP contribution < -0.4 is 10.5 Å². The first-order chi connectivity index (χ1) is 43.3. The smallest absolute Gasteiger partial charge is 0.425 e. The van der Waals surface area contributed by atoms with Crippen molar-refractivity contribution < 1.29 is 128 Å². The number of nitrogen functional groups attached to an aromatic ring is 1. The number of aromatic hydroxyl groups is 3. The van der Waals surface area contributed by atoms with Gasteiger partial charge in [0, 0.05) is 40.4 Å². The number of hydrogen-bond acceptors (Lipinski definition) is 33. The molecule has 0 aliphatic heterocycles. The highest BCUT2D eigenvalue weighted by Gasteiger charge is 2.30. The average Bonchev–Trinajstić information content (AvgIpc) is 0.755. The van der Waals surface area contributed by atoms with Crippen LogP contribution in [0.1, 0.15) is 18.9 Å². The zero-order chi connectivity index (χ0) is 70.7. The van der Waals surface area contributed by atoms with Crippen LogP contribution in [-0.4, -0.2) is 130 Å². The predicted octanol–water partition coefficient (Wildman–Crippen LogP) is 7.98. The maximum atomic E-state index is 13.2. The Kier molecular flexibility index (Phi) is 21.5. The molecule has 0 saturated heterocycles. The summed E-state index contributed by atoms with van der Waals surface area (Å²) in [6.07, 6.45) is 0.358. The summed E-state index contributed by atoms with van der Waals surface area (Å²) in [7, 11) is -37.9. The van der Waals surface area contributed by atoms with Crippen molar-refractivity contribution >= 4 is 171 Å². The largest absolute Gasteiger partial charge is 0.507 e. The SMILES string of the molecule is CCCOc1cc(N=Nc2cc(S(=O)(=O)O)cc3cc(S(=O)(=O)O)cc(O)c23)c(C)cc1N=Nc1c(S(=O)(=O)O)cc2c(S(=O)(=O)O)c(N=Nc3cc(S(=O)(=O)O)c4ccc(N=Nc5ccc([N+](=O)[O-])cc5S(=O)(=O)O)c(O)c4c3N)ccc2c1O.O=S(=O)=O.O=S(=O)=O. The molecule has 40 nitrogen and oxygen atoms in total. The maximum absolute atomic E-state index is 13.2. The highest BCUT2D eigenvalue weighted by atomic mass is 32.2. The zero-order valence-corrected chi connectivity index (χ0v) is 52.6. The summed E-state index contributed by atoms with van der Waals surface area (Å²) in [5.41, 5.74) is 0.155. The van der Waals surface area contributed by atoms with E-state index in [0.29, 0.717) is 30.7 Å². The number of phenols is 3. The van der Waals surface area contributed by atoms with Crippen LogP contribution in [0.2, 0.25) is 0 Å². The molecule has 94 heavy (non-hydrogen) atoms. The number of nitrogens with two attached hydrogens (primary N) is 1. The molecule has 0 fully saturated rings. The summed E-state index contributed by atoms with van der Waals surface area (Å²) in [6, 6.07) is 11.9. The number of nitro benzene ring substituents is 1. The van der Waals surface area contributed by atoms with E-state index in [9.17, 15) is 103 Å². The van der Waals surface area contributed by atoms with E-state index < -0.39 is 201 Å². The number of ether oxygens (including phenoxy) is 1. The lowest BCUT2D eigenvalue weighted by Gasteiger charge is -2.14. The highest BCUT2D eigenvalue weighted by Crippen LogP contribution is 2.49. The van der Waals surface area contributed by atoms with Gasteiger partial charge >= 0.3 is 21.2 Å². The summed E-state index contributed by atoms with van der Waals surface area (Å²) in [4.78, 5) is 3.79. The van der Waals surface area contributed by atoms with Crippen LogP contribution in [0.15, 0.2) is 161 Å². The van der Waals surface area contributed by atoms with Crippen LogP contribution in [0, 0.1) is 17.0 Å². The number of aryl methyl sites for hydroxylation is 1. The minimum Gasteiger partial charge on any atom is -0.507 e. The van der Waals surface area contributed by atoms with E-state index in [0.717, 1.165) is 54.6 Å². The third kappa shape index (κ3) is 17.2. The lowest BCUT2D eigenvalue weighted by molar-refractivity contribution is -0.385. The summed E-state index contributed by atoms with van der Waals surface area (Å²) < 4.78 is 267. The molecule has 8 aromatic rings. The zero-order valence-electron chi connectivity index (χ0n) is 46.0. The molecule has 8 rings (SSSR count). The van der Waals surface area contributed by atoms with E-state index in [2.05, 4.69) is 40.9 Å². The van der Waals surface area contributed by atoms with E-state index >= 15 is 0 Å². The number of nitrogens with zero attached hydrogens (tertiary/aromatic N) is 9. The molecule has 0 bridgehead atoms. The first kappa shape index (κ1) is 73.1. The second-order valence-corrected chi connectivity index (χ2v) is 27.3. The van der Waals surface area contributed by atoms with Crippen LogP contribution in [0.3, 0.4) is 0 Å². The fourth-order valence-corrected chi connectivity index (χ4v) is 12.1. The fraction of sp³-hybridized carbons (Fsp3) is 0.0870. The van der Waals surface area contributed by atoms with Crippen molar-refractivity contribution in [1.82, 2.24) is 0 Å². The number of phenolic OH excluding ortho intramolecular Hbond substituents is 3. The molecule has 0 saturated carbocycles. The van der Waals surface area contributed by atoms with E-state index in [-0.39, 0.29) is 40.1 Å². The average molecular weight is 1470 g/mol. The summed E-state index contributed by atoms with van der Waals surface area (Å²) in [5.74, 6) is -3.25. The van der Waals surface area contributed by atoms with Gasteiger partial charge in [-0.2, -0.15) is 55.6 Å². The van der Waals surface area contributed by atoms with Gasteiger partial charge in [0.05, 0.1) is 49.2 Å². The molecule has 0 heterocycles. The quantitative estimate of drug-likeness (QED) is 0.0128. The van der Waals surface area contributed by atoms with E-state index in [1.165, 1.54) is 19.1 Å². The van der Waals surface area contributed by atoms with Crippen LogP contribution in [0.25, 0.3) is 32.3 Å². The summed E-state index contributed by atoms with van der Waals surface area (Å²) >= 11 is 0. The molecular weight excluding hydrogens is 1430 g/mol. The summed E-state index contributed by atoms with van der Waals surface area (Å²) in [5, 5.41) is 72.5. The van der Waals surface area contributed by atoms with Crippen molar-refractivity contribution in [2.45, 2.75) is 49.6 Å². The van der Waals surface area contributed by atoms with Crippen LogP contribution in [0.4, 0.5) is 56.9 Å². The Bertz CT molecular complexity index is 5620. The lowest BCUT2D eigenvalue weighted by atomic mass is 10.1. The molecule has 11 N–H and O–H groups in total. The van der Waals surface area contributed by atoms with Gasteiger partial charge in [0.25, 0.3) is 66.4 Å². The summed E-state index contributed by atoms with van der Waals surface area (Å²) in [6.45, 7) is 3.08. The van der Waals surface area contributed by atoms with Crippen LogP contribution >= 0.6 is 0 Å². The molecule has 0 aliphatic rings. The standard InChI is InChI=1S/C46H36N10O24S6.2O3S/c1-3-10-80-36-18-31(51-53-33-15-23(81(62,63)64)12-21-13-24(82(65,66)67)16-35(57)40(21)33)20(2)11-32(36)52-55-43-39(85(74,75)76)17-27-25(44(43)58)5-9-30(46(27)86(77,78)79)50-54-34-19-37(83(68,69)70)26-6-8-29(45(59)41(26)42(34)47)49-48-28-7-4-22(56(60)61)14-38(28)84(71,72)73;2*1-4(2)3/h4-9,11-19,57-59H,3,10,47H2,1-2H3,(H,62,63,64)(H,65,66,67)(H,68,69,70)(H,71,72,73)(H,74,75,76)(H,77,78,79);;. The minimum absolute atomic E-state index is 0.0352. The van der Waals surface area contributed by atoms with Crippen molar-refractivity contribution in [2.24, 2.45) is 40.9 Å². The molecular formula is C46H36N10O30S8. The number of fused-ring (bicyclic) bond motifs is 3. The molecule has 48 heteroatoms. The Hall–Kier alpha value is -9.96. The van der Waals surface area contributed by atoms with Gasteiger partial charge in [0.2, 0.25) is 0 Å². The third-order valence-electron chi connectivity index (χ3n) is 12.0. The van der Waals surface area contributed by atoms with E-state index in [4.69, 9.17) is 35.7 Å². The number of rotatable bonds is 18. The molecule has 0 atom stereocenters. The van der Waals surface area contributed by atoms with E-state index in [1.54, 1.807) is 6.92 Å². The first-order valence-corrected chi connectivity index (χ1v) is 34.7. The number of hydrogen-bond donors (Lipinski definition) is 10. The fourth-order valence-electron chi connectivity index (χ4n) is 8.17. The highest BCUT2D eigenvalue weighted by molar-refractivity contribution is 7.87. The van der Waals surface area contributed by atoms with Gasteiger partial charge in [-0.1, -0.05) is 13.0 Å². The first-order valence-electron chi connectivity index (χ1n) is 24.1. The molecule has 0 spiro atoms. The topological polar surface area (TPSA) is 667 Å². The second-order valence-electron chi connectivity index (χ2n) is 18.1. The Labute approximate surface area is 528 Å². The number of benzene rings is 8. The number of anilines is 1. The monoisotopic (exact) mass is 1460 g/mol. The Balaban J connectivity index is 0.00000165. The van der Waals surface area contributed by atoms with Gasteiger partial charge in [-0.05, 0) is 85.0 Å². The minimum atomic E-state index is -5.65. The normalized spacial score (nSPS) is 12.6. The number of nitro groups is 1. The molecule has 0 radical (unpaired) electrons. The van der Waals surface area contributed by atoms with Gasteiger partial charge in [0.1, 0.15) is 65.2 Å². The molecule has 0 amide bonds. The second kappa shape index (κ2) is 27.7. The van der Waals surface area contributed by atoms with Gasteiger partial charge in [-0.25, -0.2) is 0 Å². The molecule has 8 aromatic carbocycles. The molecule has 0 unspecified atom stereocenters. The lowest BCUT2D eigenvalue weighted by Crippen LogP contribution is -2.03. The maximum Gasteiger partial charge on any atom is 0.425 e. The van der Waals surface area contributed by atoms with Crippen molar-refractivity contribution in [1.29, 1.82) is 0 Å². The predicted molar refractivity (Wildman–Crippen MR) is 316 cm³/mol. The van der Waals surface area contributed by atoms with Crippen molar-refractivity contribution in [3.8, 4) is 23.0 Å². The number of non-ortho nitro benzene ring substituents is 1. The van der Waals surface area contributed by atoms with Crippen LogP contribution in [0.5, 0.6) is 23.0 Å². The molecule has 0 aromatic heterocycles. The van der Waals surface area contributed by atoms with Gasteiger partial charge in [0.15, 0.2) is 11.5 Å². The van der Waals surface area contributed by atoms with Crippen molar-refractivity contribution in [3.63, 3.8) is 0 Å². The van der Waals surface area contributed by atoms with Gasteiger partial charge in [-0.3, -0.25) is 37.4 Å². The Morgan fingerprint density at radius 1 is 0.479 bits per heavy atom. The molecule has 0 aliphatic carbocycles. The Morgan fingerprint density at radius 2 is 0.968 bits per heavy atom. The molecule has 498 valence electrons. The van der Waals surface area contributed by atoms with Crippen molar-refractivity contribution in [3.05, 3.63) is 107 Å². The van der Waals surface area contributed by atoms with Crippen LogP contribution in [-0.2, 0) is 81.9 Å². The van der Waals surface area contributed by atoms with Gasteiger partial charge in [-0.15, -0.1) is 61.1 Å². The Morgan fingerprint density at radius 3 is 1.51 bits per heavy atom. The van der Waals surface area contributed by atoms with Gasteiger partial charge < -0.3 is 25.8 Å². The number of azo groups is 4. The van der Waals surface area contributed by atoms with E-state index in [1.807, 2.05) is 0 Å². The third-order valence-corrected chi connectivity index (χ3v) is 17.2. The van der Waals surface area contributed by atoms with Crippen molar-refractivity contribution in [2.75, 3.05) is 12.3 Å².